The molecule has 0 saturated heterocycles. The van der Waals surface area contributed by atoms with Gasteiger partial charge in [-0.1, -0.05) is 6.07 Å². The van der Waals surface area contributed by atoms with E-state index in [4.69, 9.17) is 0 Å². The number of esters is 1. The zero-order valence-electron chi connectivity index (χ0n) is 8.53. The van der Waals surface area contributed by atoms with Crippen LogP contribution in [0.5, 0.6) is 0 Å². The van der Waals surface area contributed by atoms with Crippen molar-refractivity contribution in [2.24, 2.45) is 0 Å². The summed E-state index contributed by atoms with van der Waals surface area (Å²) >= 11 is 0. The molecule has 15 heavy (non-hydrogen) atoms. The van der Waals surface area contributed by atoms with Crippen molar-refractivity contribution in [3.05, 3.63) is 29.8 Å². The number of rotatable bonds is 2. The van der Waals surface area contributed by atoms with Crippen LogP contribution in [0.4, 0.5) is 10.5 Å². The van der Waals surface area contributed by atoms with E-state index < -0.39 is 5.97 Å². The molecule has 0 aromatic heterocycles. The highest BCUT2D eigenvalue weighted by Crippen LogP contribution is 2.11. The molecule has 0 radical (unpaired) electrons. The maximum atomic E-state index is 11.2. The number of urea groups is 1. The number of hydrogen-bond donors (Lipinski definition) is 2. The van der Waals surface area contributed by atoms with Crippen molar-refractivity contribution in [2.45, 2.75) is 0 Å². The van der Waals surface area contributed by atoms with Gasteiger partial charge in [0.05, 0.1) is 12.7 Å². The van der Waals surface area contributed by atoms with Crippen LogP contribution in [-0.4, -0.2) is 26.2 Å². The lowest BCUT2D eigenvalue weighted by Gasteiger charge is -2.05. The predicted molar refractivity (Wildman–Crippen MR) is 55.9 cm³/mol. The van der Waals surface area contributed by atoms with Gasteiger partial charge in [0.25, 0.3) is 0 Å². The van der Waals surface area contributed by atoms with E-state index in [-0.39, 0.29) is 6.03 Å². The van der Waals surface area contributed by atoms with E-state index in [0.717, 1.165) is 0 Å². The van der Waals surface area contributed by atoms with Crippen LogP contribution in [0.2, 0.25) is 0 Å². The van der Waals surface area contributed by atoms with Crippen molar-refractivity contribution in [1.82, 2.24) is 5.32 Å². The monoisotopic (exact) mass is 208 g/mol. The standard InChI is InChI=1S/C10H12N2O3/c1-11-10(14)12-8-5-3-4-7(6-8)9(13)15-2/h3-6H,1-2H3,(H2,11,12,14). The van der Waals surface area contributed by atoms with Crippen molar-refractivity contribution in [2.75, 3.05) is 19.5 Å². The molecule has 0 unspecified atom stereocenters. The summed E-state index contributed by atoms with van der Waals surface area (Å²) in [4.78, 5) is 22.2. The summed E-state index contributed by atoms with van der Waals surface area (Å²) in [6, 6.07) is 6.17. The lowest BCUT2D eigenvalue weighted by molar-refractivity contribution is 0.0600. The van der Waals surface area contributed by atoms with E-state index in [1.54, 1.807) is 24.3 Å². The Bertz CT molecular complexity index is 377. The molecule has 80 valence electrons. The van der Waals surface area contributed by atoms with Crippen molar-refractivity contribution >= 4 is 17.7 Å². The van der Waals surface area contributed by atoms with E-state index >= 15 is 0 Å². The molecule has 0 saturated carbocycles. The Hall–Kier alpha value is -2.04. The maximum absolute atomic E-state index is 11.2. The Morgan fingerprint density at radius 2 is 2.07 bits per heavy atom. The third kappa shape index (κ3) is 2.98. The second-order valence-corrected chi connectivity index (χ2v) is 2.78. The Balaban J connectivity index is 2.83. The molecule has 0 aliphatic rings. The normalized spacial score (nSPS) is 9.20. The highest BCUT2D eigenvalue weighted by Gasteiger charge is 2.06. The van der Waals surface area contributed by atoms with Crippen molar-refractivity contribution in [3.8, 4) is 0 Å². The fourth-order valence-corrected chi connectivity index (χ4v) is 1.04. The molecule has 1 aromatic rings. The van der Waals surface area contributed by atoms with Gasteiger partial charge in [-0.3, -0.25) is 0 Å². The summed E-state index contributed by atoms with van der Waals surface area (Å²) in [6.07, 6.45) is 0. The van der Waals surface area contributed by atoms with Gasteiger partial charge in [-0.05, 0) is 18.2 Å². The first-order chi connectivity index (χ1) is 7.17. The molecule has 1 aromatic carbocycles. The topological polar surface area (TPSA) is 67.4 Å². The number of methoxy groups -OCH3 is 1. The van der Waals surface area contributed by atoms with Crippen LogP contribution in [0.1, 0.15) is 10.4 Å². The highest BCUT2D eigenvalue weighted by atomic mass is 16.5. The summed E-state index contributed by atoms with van der Waals surface area (Å²) in [5, 5.41) is 4.96. The molecule has 1 rings (SSSR count). The van der Waals surface area contributed by atoms with Gasteiger partial charge in [-0.15, -0.1) is 0 Å². The minimum absolute atomic E-state index is 0.336. The summed E-state index contributed by atoms with van der Waals surface area (Å²) < 4.78 is 4.56. The van der Waals surface area contributed by atoms with Gasteiger partial charge in [0.15, 0.2) is 0 Å². The second kappa shape index (κ2) is 4.99. The van der Waals surface area contributed by atoms with E-state index in [0.29, 0.717) is 11.3 Å². The number of nitrogens with one attached hydrogen (secondary N) is 2. The summed E-state index contributed by atoms with van der Waals surface area (Å²) in [6.45, 7) is 0. The Morgan fingerprint density at radius 3 is 2.67 bits per heavy atom. The fraction of sp³-hybridized carbons (Fsp3) is 0.200. The third-order valence-corrected chi connectivity index (χ3v) is 1.77. The molecule has 2 N–H and O–H groups in total. The summed E-state index contributed by atoms with van der Waals surface area (Å²) in [7, 11) is 2.82. The molecule has 0 heterocycles. The van der Waals surface area contributed by atoms with Crippen LogP contribution in [0, 0.1) is 0 Å². The van der Waals surface area contributed by atoms with E-state index in [9.17, 15) is 9.59 Å². The molecule has 0 spiro atoms. The first-order valence-corrected chi connectivity index (χ1v) is 4.34. The van der Waals surface area contributed by atoms with Crippen LogP contribution in [0.15, 0.2) is 24.3 Å². The van der Waals surface area contributed by atoms with E-state index in [1.807, 2.05) is 0 Å². The van der Waals surface area contributed by atoms with Crippen molar-refractivity contribution < 1.29 is 14.3 Å². The van der Waals surface area contributed by atoms with E-state index in [1.165, 1.54) is 14.2 Å². The minimum Gasteiger partial charge on any atom is -0.465 e. The number of ether oxygens (including phenoxy) is 1. The van der Waals surface area contributed by atoms with Gasteiger partial charge in [-0.2, -0.15) is 0 Å². The number of amides is 2. The largest absolute Gasteiger partial charge is 0.465 e. The molecule has 0 aliphatic heterocycles. The number of carbonyl (C=O) groups is 2. The number of carbonyl (C=O) groups excluding carboxylic acids is 2. The van der Waals surface area contributed by atoms with Crippen LogP contribution in [0.25, 0.3) is 0 Å². The quantitative estimate of drug-likeness (QED) is 0.718. The number of anilines is 1. The molecule has 0 bridgehead atoms. The SMILES string of the molecule is CNC(=O)Nc1cccc(C(=O)OC)c1. The highest BCUT2D eigenvalue weighted by molar-refractivity contribution is 5.93. The molecular weight excluding hydrogens is 196 g/mol. The van der Waals surface area contributed by atoms with Gasteiger partial charge in [0.2, 0.25) is 0 Å². The summed E-state index contributed by atoms with van der Waals surface area (Å²) in [5.74, 6) is -0.435. The number of hydrogen-bond acceptors (Lipinski definition) is 3. The van der Waals surface area contributed by atoms with Crippen LogP contribution in [0.3, 0.4) is 0 Å². The predicted octanol–water partition coefficient (Wildman–Crippen LogP) is 1.22. The average Bonchev–Trinajstić information content (AvgIpc) is 2.28. The lowest BCUT2D eigenvalue weighted by atomic mass is 10.2. The molecule has 0 aliphatic carbocycles. The first-order valence-electron chi connectivity index (χ1n) is 4.34. The van der Waals surface area contributed by atoms with Crippen molar-refractivity contribution in [3.63, 3.8) is 0 Å². The Labute approximate surface area is 87.4 Å². The van der Waals surface area contributed by atoms with Gasteiger partial charge in [0.1, 0.15) is 0 Å². The maximum Gasteiger partial charge on any atom is 0.337 e. The zero-order chi connectivity index (χ0) is 11.3. The molecule has 0 fully saturated rings. The summed E-state index contributed by atoms with van der Waals surface area (Å²) in [5.41, 5.74) is 0.934. The van der Waals surface area contributed by atoms with Crippen molar-refractivity contribution in [1.29, 1.82) is 0 Å². The van der Waals surface area contributed by atoms with Gasteiger partial charge >= 0.3 is 12.0 Å². The van der Waals surface area contributed by atoms with Crippen LogP contribution in [-0.2, 0) is 4.74 Å². The molecule has 0 atom stereocenters. The Kier molecular flexibility index (Phi) is 3.68. The minimum atomic E-state index is -0.435. The fourth-order valence-electron chi connectivity index (χ4n) is 1.04. The lowest BCUT2D eigenvalue weighted by Crippen LogP contribution is -2.24. The number of benzene rings is 1. The van der Waals surface area contributed by atoms with E-state index in [2.05, 4.69) is 15.4 Å². The van der Waals surface area contributed by atoms with Gasteiger partial charge in [0, 0.05) is 12.7 Å². The van der Waals surface area contributed by atoms with Gasteiger partial charge in [-0.25, -0.2) is 9.59 Å². The average molecular weight is 208 g/mol. The molecule has 5 heteroatoms. The third-order valence-electron chi connectivity index (χ3n) is 1.77. The van der Waals surface area contributed by atoms with Crippen LogP contribution >= 0.6 is 0 Å². The zero-order valence-corrected chi connectivity index (χ0v) is 8.53. The first kappa shape index (κ1) is 11.0. The molecule has 5 nitrogen and oxygen atoms in total. The molecular formula is C10H12N2O3. The van der Waals surface area contributed by atoms with Gasteiger partial charge < -0.3 is 15.4 Å². The smallest absolute Gasteiger partial charge is 0.337 e. The molecule has 2 amide bonds. The second-order valence-electron chi connectivity index (χ2n) is 2.78. The Morgan fingerprint density at radius 1 is 1.33 bits per heavy atom. The van der Waals surface area contributed by atoms with Crippen LogP contribution < -0.4 is 10.6 Å².